The number of halogens is 1. The largest absolute Gasteiger partial charge is 0.353 e. The summed E-state index contributed by atoms with van der Waals surface area (Å²) in [6.45, 7) is 8.17. The summed E-state index contributed by atoms with van der Waals surface area (Å²) in [4.78, 5) is 16.8. The van der Waals surface area contributed by atoms with E-state index >= 15 is 0 Å². The van der Waals surface area contributed by atoms with Crippen LogP contribution in [0.25, 0.3) is 0 Å². The predicted molar refractivity (Wildman–Crippen MR) is 116 cm³/mol. The number of nitrogens with zero attached hydrogens (tertiary/aromatic N) is 2. The van der Waals surface area contributed by atoms with Crippen LogP contribution in [0.3, 0.4) is 0 Å². The number of hydrogen-bond donors (Lipinski definition) is 0. The first kappa shape index (κ1) is 22.8. The van der Waals surface area contributed by atoms with Crippen molar-refractivity contribution in [3.63, 3.8) is 0 Å². The molecular weight excluding hydrogens is 396 g/mol. The lowest BCUT2D eigenvalue weighted by atomic mass is 10.2. The minimum absolute atomic E-state index is 0.0999. The van der Waals surface area contributed by atoms with E-state index in [-0.39, 0.29) is 12.2 Å². The Hall–Kier alpha value is -1.47. The molecule has 2 rings (SSSR count). The molecule has 1 aliphatic heterocycles. The van der Waals surface area contributed by atoms with Crippen LogP contribution in [0.2, 0.25) is 5.02 Å². The smallest absolute Gasteiger partial charge is 0.269 e. The molecule has 28 heavy (non-hydrogen) atoms. The zero-order valence-corrected chi connectivity index (χ0v) is 18.2. The number of hydrogen-bond acceptors (Lipinski definition) is 4. The molecule has 1 amide bonds. The van der Waals surface area contributed by atoms with Gasteiger partial charge in [-0.15, -0.1) is 0 Å². The number of benzene rings is 1. The number of likely N-dealkylation sites (N-methyl/N-ethyl adjacent to an activating group) is 1. The van der Waals surface area contributed by atoms with Gasteiger partial charge in [-0.2, -0.15) is 0 Å². The summed E-state index contributed by atoms with van der Waals surface area (Å²) in [6.07, 6.45) is 3.83. The third-order valence-electron chi connectivity index (χ3n) is 4.63. The van der Waals surface area contributed by atoms with Gasteiger partial charge in [0.2, 0.25) is 0 Å². The molecule has 1 atom stereocenters. The van der Waals surface area contributed by atoms with Crippen LogP contribution in [0.15, 0.2) is 36.5 Å². The molecule has 0 aromatic heterocycles. The number of carbonyl (C=O) groups is 1. The van der Waals surface area contributed by atoms with Crippen molar-refractivity contribution < 1.29 is 14.3 Å². The van der Waals surface area contributed by atoms with Crippen LogP contribution in [0, 0.1) is 0 Å². The van der Waals surface area contributed by atoms with Crippen molar-refractivity contribution in [2.24, 2.45) is 0 Å². The van der Waals surface area contributed by atoms with Gasteiger partial charge >= 0.3 is 0 Å². The number of amides is 1. The van der Waals surface area contributed by atoms with Gasteiger partial charge < -0.3 is 19.3 Å². The lowest BCUT2D eigenvalue weighted by molar-refractivity contribution is -0.163. The maximum Gasteiger partial charge on any atom is 0.269 e. The Balaban J connectivity index is 1.82. The summed E-state index contributed by atoms with van der Waals surface area (Å²) < 4.78 is 11.3. The molecule has 0 bridgehead atoms. The zero-order chi connectivity index (χ0) is 20.5. The molecule has 1 aromatic rings. The predicted octanol–water partition coefficient (Wildman–Crippen LogP) is 4.39. The Kier molecular flexibility index (Phi) is 9.38. The monoisotopic (exact) mass is 424 g/mol. The van der Waals surface area contributed by atoms with Gasteiger partial charge in [-0.3, -0.25) is 4.79 Å². The fourth-order valence-electron chi connectivity index (χ4n) is 2.97. The fraction of sp³-hybridized carbons (Fsp3) is 0.524. The Labute approximate surface area is 178 Å². The number of carbonyl (C=O) groups excluding carboxylic acids is 1. The van der Waals surface area contributed by atoms with Crippen LogP contribution >= 0.6 is 23.8 Å². The summed E-state index contributed by atoms with van der Waals surface area (Å²) in [5.74, 6) is -0.146. The van der Waals surface area contributed by atoms with Crippen molar-refractivity contribution in [2.75, 3.05) is 26.8 Å². The Morgan fingerprint density at radius 3 is 2.68 bits per heavy atom. The van der Waals surface area contributed by atoms with Gasteiger partial charge in [0.15, 0.2) is 6.29 Å². The van der Waals surface area contributed by atoms with Crippen molar-refractivity contribution in [3.05, 3.63) is 47.1 Å². The van der Waals surface area contributed by atoms with Gasteiger partial charge in [0.05, 0.1) is 11.6 Å². The normalized spacial score (nSPS) is 16.5. The van der Waals surface area contributed by atoms with Crippen LogP contribution in [-0.2, 0) is 20.8 Å². The average Bonchev–Trinajstić information content (AvgIpc) is 2.70. The van der Waals surface area contributed by atoms with Gasteiger partial charge in [0.25, 0.3) is 5.91 Å². The van der Waals surface area contributed by atoms with Crippen molar-refractivity contribution in [1.29, 1.82) is 0 Å². The first-order valence-electron chi connectivity index (χ1n) is 9.58. The summed E-state index contributed by atoms with van der Waals surface area (Å²) >= 11 is 11.3. The highest BCUT2D eigenvalue weighted by Crippen LogP contribution is 2.17. The standard InChI is InChI=1S/C21H29ClN2O3S/c1-16(24(17(2)28)15-18-8-10-19(22)11-9-18)21(25)23(3)12-6-14-27-20-7-4-5-13-26-20/h8-11,20H,1,4-7,12-15H2,2-3H3. The summed E-state index contributed by atoms with van der Waals surface area (Å²) in [6, 6.07) is 7.47. The minimum atomic E-state index is -0.146. The molecule has 1 fully saturated rings. The highest BCUT2D eigenvalue weighted by molar-refractivity contribution is 7.80. The van der Waals surface area contributed by atoms with E-state index in [0.717, 1.165) is 37.9 Å². The molecule has 0 saturated carbocycles. The van der Waals surface area contributed by atoms with Crippen LogP contribution in [0.4, 0.5) is 0 Å². The second-order valence-corrected chi connectivity index (χ2v) is 7.95. The SMILES string of the molecule is C=C(C(=O)N(C)CCCOC1CCCCO1)N(Cc1ccc(Cl)cc1)C(C)=S. The summed E-state index contributed by atoms with van der Waals surface area (Å²) in [7, 11) is 1.77. The van der Waals surface area contributed by atoms with Gasteiger partial charge in [0.1, 0.15) is 5.70 Å². The van der Waals surface area contributed by atoms with Gasteiger partial charge in [-0.1, -0.05) is 42.5 Å². The molecule has 1 heterocycles. The fourth-order valence-corrected chi connectivity index (χ4v) is 3.27. The highest BCUT2D eigenvalue weighted by Gasteiger charge is 2.21. The lowest BCUT2D eigenvalue weighted by Crippen LogP contribution is -2.38. The summed E-state index contributed by atoms with van der Waals surface area (Å²) in [5, 5.41) is 0.671. The third-order valence-corrected chi connectivity index (χ3v) is 5.11. The lowest BCUT2D eigenvalue weighted by Gasteiger charge is -2.28. The molecule has 154 valence electrons. The first-order chi connectivity index (χ1) is 13.4. The molecule has 1 aliphatic rings. The minimum Gasteiger partial charge on any atom is -0.353 e. The number of thiocarbonyl (C=S) groups is 1. The number of rotatable bonds is 9. The second kappa shape index (κ2) is 11.5. The average molecular weight is 425 g/mol. The first-order valence-corrected chi connectivity index (χ1v) is 10.4. The van der Waals surface area contributed by atoms with Gasteiger partial charge in [0, 0.05) is 31.8 Å². The van der Waals surface area contributed by atoms with Gasteiger partial charge in [-0.25, -0.2) is 0 Å². The van der Waals surface area contributed by atoms with Crippen molar-refractivity contribution in [3.8, 4) is 0 Å². The topological polar surface area (TPSA) is 42.0 Å². The highest BCUT2D eigenvalue weighted by atomic mass is 35.5. The second-order valence-electron chi connectivity index (χ2n) is 6.93. The maximum absolute atomic E-state index is 12.8. The van der Waals surface area contributed by atoms with Crippen LogP contribution in [-0.4, -0.2) is 53.8 Å². The number of ether oxygens (including phenoxy) is 2. The van der Waals surface area contributed by atoms with Crippen molar-refractivity contribution in [1.82, 2.24) is 9.80 Å². The van der Waals surface area contributed by atoms with E-state index in [0.29, 0.717) is 35.4 Å². The molecule has 1 saturated heterocycles. The third kappa shape index (κ3) is 7.17. The zero-order valence-electron chi connectivity index (χ0n) is 16.7. The van der Waals surface area contributed by atoms with Gasteiger partial charge in [-0.05, 0) is 50.3 Å². The molecule has 1 aromatic carbocycles. The van der Waals surface area contributed by atoms with Crippen LogP contribution in [0.5, 0.6) is 0 Å². The Bertz CT molecular complexity index is 675. The van der Waals surface area contributed by atoms with E-state index in [1.54, 1.807) is 23.8 Å². The molecule has 0 N–H and O–H groups in total. The quantitative estimate of drug-likeness (QED) is 0.334. The molecule has 0 aliphatic carbocycles. The molecule has 5 nitrogen and oxygen atoms in total. The van der Waals surface area contributed by atoms with E-state index in [4.69, 9.17) is 33.3 Å². The summed E-state index contributed by atoms with van der Waals surface area (Å²) in [5.41, 5.74) is 1.37. The molecule has 0 spiro atoms. The van der Waals surface area contributed by atoms with Crippen LogP contribution in [0.1, 0.15) is 38.2 Å². The van der Waals surface area contributed by atoms with E-state index < -0.39 is 0 Å². The molecule has 1 unspecified atom stereocenters. The molecule has 0 radical (unpaired) electrons. The van der Waals surface area contributed by atoms with E-state index in [1.807, 2.05) is 24.3 Å². The van der Waals surface area contributed by atoms with Crippen LogP contribution < -0.4 is 0 Å². The van der Waals surface area contributed by atoms with Crippen molar-refractivity contribution in [2.45, 2.75) is 45.4 Å². The Morgan fingerprint density at radius 2 is 2.07 bits per heavy atom. The van der Waals surface area contributed by atoms with E-state index in [1.165, 1.54) is 0 Å². The van der Waals surface area contributed by atoms with Crippen molar-refractivity contribution >= 4 is 34.7 Å². The molecule has 7 heteroatoms. The van der Waals surface area contributed by atoms with E-state index in [2.05, 4.69) is 6.58 Å². The maximum atomic E-state index is 12.8. The Morgan fingerprint density at radius 1 is 1.36 bits per heavy atom. The molecular formula is C21H29ClN2O3S. The van der Waals surface area contributed by atoms with E-state index in [9.17, 15) is 4.79 Å².